The third-order valence-electron chi connectivity index (χ3n) is 3.49. The largest absolute Gasteiger partial charge is 0.385 e. The van der Waals surface area contributed by atoms with Crippen LogP contribution in [0.25, 0.3) is 0 Å². The van der Waals surface area contributed by atoms with E-state index < -0.39 is 10.0 Å². The zero-order chi connectivity index (χ0) is 14.8. The Hall–Kier alpha value is -1.07. The van der Waals surface area contributed by atoms with Crippen molar-refractivity contribution >= 4 is 15.7 Å². The van der Waals surface area contributed by atoms with Crippen LogP contribution < -0.4 is 10.0 Å². The Morgan fingerprint density at radius 1 is 1.30 bits per heavy atom. The summed E-state index contributed by atoms with van der Waals surface area (Å²) in [5, 5.41) is 3.29. The Bertz CT molecular complexity index is 574. The average molecular weight is 296 g/mol. The molecule has 0 saturated carbocycles. The number of benzene rings is 1. The molecule has 0 saturated heterocycles. The second kappa shape index (κ2) is 5.74. The molecule has 1 aromatic rings. The smallest absolute Gasteiger partial charge is 0.240 e. The van der Waals surface area contributed by atoms with Crippen LogP contribution in [0.1, 0.15) is 39.2 Å². The molecule has 5 heteroatoms. The summed E-state index contributed by atoms with van der Waals surface area (Å²) in [6.07, 6.45) is 2.81. The first kappa shape index (κ1) is 15.3. The second-order valence-electron chi connectivity index (χ2n) is 6.56. The molecule has 20 heavy (non-hydrogen) atoms. The monoisotopic (exact) mass is 296 g/mol. The Morgan fingerprint density at radius 3 is 2.75 bits per heavy atom. The van der Waals surface area contributed by atoms with Crippen molar-refractivity contribution in [1.29, 1.82) is 0 Å². The molecule has 0 fully saturated rings. The minimum absolute atomic E-state index is 0.127. The van der Waals surface area contributed by atoms with Crippen LogP contribution >= 0.6 is 0 Å². The van der Waals surface area contributed by atoms with Crippen LogP contribution in [-0.4, -0.2) is 21.5 Å². The van der Waals surface area contributed by atoms with Crippen molar-refractivity contribution in [3.8, 4) is 0 Å². The summed E-state index contributed by atoms with van der Waals surface area (Å²) in [6.45, 7) is 7.74. The first-order valence-electron chi connectivity index (χ1n) is 7.14. The topological polar surface area (TPSA) is 58.2 Å². The van der Waals surface area contributed by atoms with Crippen LogP contribution in [0.4, 0.5) is 5.69 Å². The zero-order valence-electron chi connectivity index (χ0n) is 12.5. The van der Waals surface area contributed by atoms with E-state index in [0.717, 1.165) is 37.1 Å². The van der Waals surface area contributed by atoms with Gasteiger partial charge in [-0.2, -0.15) is 0 Å². The lowest BCUT2D eigenvalue weighted by atomic mass is 9.93. The maximum absolute atomic E-state index is 12.3. The van der Waals surface area contributed by atoms with Crippen LogP contribution in [-0.2, 0) is 16.4 Å². The van der Waals surface area contributed by atoms with Crippen LogP contribution in [0, 0.1) is 5.41 Å². The highest BCUT2D eigenvalue weighted by molar-refractivity contribution is 7.89. The van der Waals surface area contributed by atoms with Crippen LogP contribution in [0.15, 0.2) is 23.1 Å². The van der Waals surface area contributed by atoms with Gasteiger partial charge in [0.15, 0.2) is 0 Å². The molecule has 0 unspecified atom stereocenters. The number of fused-ring (bicyclic) bond motifs is 1. The van der Waals surface area contributed by atoms with E-state index in [1.54, 1.807) is 12.1 Å². The Morgan fingerprint density at radius 2 is 2.05 bits per heavy atom. The highest BCUT2D eigenvalue weighted by Crippen LogP contribution is 2.25. The van der Waals surface area contributed by atoms with Gasteiger partial charge in [0.1, 0.15) is 0 Å². The summed E-state index contributed by atoms with van der Waals surface area (Å²) in [5.41, 5.74) is 2.28. The molecule has 0 bridgehead atoms. The van der Waals surface area contributed by atoms with Gasteiger partial charge in [0.05, 0.1) is 4.90 Å². The fraction of sp³-hybridized carbons (Fsp3) is 0.600. The molecule has 0 spiro atoms. The van der Waals surface area contributed by atoms with Gasteiger partial charge in [0, 0.05) is 18.8 Å². The quantitative estimate of drug-likeness (QED) is 0.898. The minimum Gasteiger partial charge on any atom is -0.385 e. The lowest BCUT2D eigenvalue weighted by Gasteiger charge is -2.20. The molecule has 1 heterocycles. The maximum atomic E-state index is 12.3. The molecule has 112 valence electrons. The Kier molecular flexibility index (Phi) is 4.39. The van der Waals surface area contributed by atoms with Gasteiger partial charge < -0.3 is 5.32 Å². The molecule has 4 nitrogen and oxygen atoms in total. The molecule has 2 rings (SSSR count). The first-order valence-corrected chi connectivity index (χ1v) is 8.63. The van der Waals surface area contributed by atoms with Gasteiger partial charge >= 0.3 is 0 Å². The van der Waals surface area contributed by atoms with Crippen molar-refractivity contribution in [1.82, 2.24) is 4.72 Å². The van der Waals surface area contributed by atoms with Crippen LogP contribution in [0.3, 0.4) is 0 Å². The number of sulfonamides is 1. The number of aryl methyl sites for hydroxylation is 1. The minimum atomic E-state index is -3.39. The van der Waals surface area contributed by atoms with Gasteiger partial charge in [0.2, 0.25) is 10.0 Å². The number of anilines is 1. The summed E-state index contributed by atoms with van der Waals surface area (Å²) in [6, 6.07) is 5.34. The number of hydrogen-bond acceptors (Lipinski definition) is 3. The lowest BCUT2D eigenvalue weighted by molar-refractivity contribution is 0.378. The van der Waals surface area contributed by atoms with Gasteiger partial charge in [-0.3, -0.25) is 0 Å². The summed E-state index contributed by atoms with van der Waals surface area (Å²) < 4.78 is 27.2. The van der Waals surface area contributed by atoms with E-state index >= 15 is 0 Å². The van der Waals surface area contributed by atoms with E-state index in [-0.39, 0.29) is 5.41 Å². The summed E-state index contributed by atoms with van der Waals surface area (Å²) in [5.74, 6) is 0. The van der Waals surface area contributed by atoms with Crippen LogP contribution in [0.2, 0.25) is 0 Å². The third kappa shape index (κ3) is 3.96. The number of rotatable bonds is 4. The molecule has 0 aliphatic carbocycles. The standard InChI is InChI=1S/C15H24N2O2S/c1-15(2,3)8-10-17-20(18,19)13-6-7-14-12(11-13)5-4-9-16-14/h6-7,11,16-17H,4-5,8-10H2,1-3H3. The maximum Gasteiger partial charge on any atom is 0.240 e. The van der Waals surface area contributed by atoms with E-state index in [0.29, 0.717) is 11.4 Å². The van der Waals surface area contributed by atoms with Gasteiger partial charge in [-0.1, -0.05) is 20.8 Å². The van der Waals surface area contributed by atoms with Crippen molar-refractivity contribution in [2.45, 2.75) is 44.9 Å². The molecule has 2 N–H and O–H groups in total. The average Bonchev–Trinajstić information content (AvgIpc) is 2.36. The van der Waals surface area contributed by atoms with E-state index in [9.17, 15) is 8.42 Å². The van der Waals surface area contributed by atoms with E-state index in [2.05, 4.69) is 30.8 Å². The summed E-state index contributed by atoms with van der Waals surface area (Å²) in [4.78, 5) is 0.369. The highest BCUT2D eigenvalue weighted by atomic mass is 32.2. The summed E-state index contributed by atoms with van der Waals surface area (Å²) in [7, 11) is -3.39. The molecule has 0 radical (unpaired) electrons. The van der Waals surface area contributed by atoms with E-state index in [1.807, 2.05) is 6.07 Å². The first-order chi connectivity index (χ1) is 9.28. The zero-order valence-corrected chi connectivity index (χ0v) is 13.3. The van der Waals surface area contributed by atoms with Crippen molar-refractivity contribution < 1.29 is 8.42 Å². The van der Waals surface area contributed by atoms with E-state index in [4.69, 9.17) is 0 Å². The van der Waals surface area contributed by atoms with Gasteiger partial charge in [-0.25, -0.2) is 13.1 Å². The third-order valence-corrected chi connectivity index (χ3v) is 4.95. The SMILES string of the molecule is CC(C)(C)CCNS(=O)(=O)c1ccc2c(c1)CCCN2. The number of nitrogens with one attached hydrogen (secondary N) is 2. The van der Waals surface area contributed by atoms with Gasteiger partial charge in [0.25, 0.3) is 0 Å². The molecule has 0 aromatic heterocycles. The van der Waals surface area contributed by atoms with Crippen LogP contribution in [0.5, 0.6) is 0 Å². The lowest BCUT2D eigenvalue weighted by Crippen LogP contribution is -2.27. The molecule has 0 atom stereocenters. The predicted octanol–water partition coefficient (Wildman–Crippen LogP) is 2.76. The molecule has 1 aliphatic rings. The number of hydrogen-bond donors (Lipinski definition) is 2. The molecular weight excluding hydrogens is 272 g/mol. The summed E-state index contributed by atoms with van der Waals surface area (Å²) >= 11 is 0. The predicted molar refractivity (Wildman–Crippen MR) is 82.5 cm³/mol. The van der Waals surface area contributed by atoms with Crippen molar-refractivity contribution in [3.63, 3.8) is 0 Å². The van der Waals surface area contributed by atoms with Crippen molar-refractivity contribution in [2.75, 3.05) is 18.4 Å². The van der Waals surface area contributed by atoms with E-state index in [1.165, 1.54) is 0 Å². The molecular formula is C15H24N2O2S. The molecule has 1 aromatic carbocycles. The second-order valence-corrected chi connectivity index (χ2v) is 8.32. The Balaban J connectivity index is 2.09. The fourth-order valence-electron chi connectivity index (χ4n) is 2.26. The normalized spacial score (nSPS) is 15.6. The Labute approximate surface area is 122 Å². The van der Waals surface area contributed by atoms with Gasteiger partial charge in [-0.05, 0) is 48.4 Å². The highest BCUT2D eigenvalue weighted by Gasteiger charge is 2.18. The van der Waals surface area contributed by atoms with Gasteiger partial charge in [-0.15, -0.1) is 0 Å². The fourth-order valence-corrected chi connectivity index (χ4v) is 3.34. The molecule has 0 amide bonds. The van der Waals surface area contributed by atoms with Crippen molar-refractivity contribution in [2.24, 2.45) is 5.41 Å². The molecule has 1 aliphatic heterocycles. The van der Waals surface area contributed by atoms with Crippen molar-refractivity contribution in [3.05, 3.63) is 23.8 Å².